The molecule has 1 aliphatic rings. The number of aryl methyl sites for hydroxylation is 1. The van der Waals surface area contributed by atoms with E-state index in [1.807, 2.05) is 13.8 Å². The third kappa shape index (κ3) is 3.00. The second kappa shape index (κ2) is 6.84. The van der Waals surface area contributed by atoms with Gasteiger partial charge in [-0.25, -0.2) is 4.39 Å². The van der Waals surface area contributed by atoms with Gasteiger partial charge >= 0.3 is 0 Å². The quantitative estimate of drug-likeness (QED) is 0.719. The second-order valence-corrected chi connectivity index (χ2v) is 6.36. The smallest absolute Gasteiger partial charge is 0.267 e. The van der Waals surface area contributed by atoms with Crippen molar-refractivity contribution in [2.24, 2.45) is 0 Å². The van der Waals surface area contributed by atoms with Crippen LogP contribution in [0, 0.1) is 5.82 Å². The normalized spacial score (nSPS) is 16.2. The van der Waals surface area contributed by atoms with Crippen molar-refractivity contribution in [3.63, 3.8) is 0 Å². The van der Waals surface area contributed by atoms with Gasteiger partial charge in [-0.1, -0.05) is 6.92 Å². The SMILES string of the molecule is CCNCCNC(=O)c1c(O)c2cc(F)cc3c2n(c1=O)[C@H](C)CC3. The number of aromatic hydroxyl groups is 1. The first-order valence-corrected chi connectivity index (χ1v) is 8.54. The van der Waals surface area contributed by atoms with Crippen LogP contribution in [0.5, 0.6) is 5.75 Å². The monoisotopic (exact) mass is 347 g/mol. The van der Waals surface area contributed by atoms with E-state index in [9.17, 15) is 19.1 Å². The first-order valence-electron chi connectivity index (χ1n) is 8.54. The van der Waals surface area contributed by atoms with Gasteiger partial charge in [-0.2, -0.15) is 0 Å². The number of aromatic nitrogens is 1. The molecule has 25 heavy (non-hydrogen) atoms. The van der Waals surface area contributed by atoms with Gasteiger partial charge in [0.1, 0.15) is 17.1 Å². The number of nitrogens with zero attached hydrogens (tertiary/aromatic N) is 1. The standard InChI is InChI=1S/C18H22FN3O3/c1-3-20-6-7-21-17(24)14-16(23)13-9-12(19)8-11-5-4-10(2)22(15(11)13)18(14)25/h8-10,20,23H,3-7H2,1-2H3,(H,21,24)/t10-/m1/s1. The Bertz CT molecular complexity index is 891. The Morgan fingerprint density at radius 2 is 2.16 bits per heavy atom. The number of nitrogens with one attached hydrogen (secondary N) is 2. The molecule has 0 saturated carbocycles. The Labute approximate surface area is 144 Å². The molecule has 0 aliphatic carbocycles. The molecule has 3 N–H and O–H groups in total. The maximum atomic E-state index is 13.9. The van der Waals surface area contributed by atoms with E-state index in [0.717, 1.165) is 6.54 Å². The van der Waals surface area contributed by atoms with Gasteiger partial charge in [0.15, 0.2) is 0 Å². The molecule has 1 amide bonds. The lowest BCUT2D eigenvalue weighted by Crippen LogP contribution is -2.38. The van der Waals surface area contributed by atoms with E-state index in [1.165, 1.54) is 16.7 Å². The van der Waals surface area contributed by atoms with Crippen molar-refractivity contribution >= 4 is 16.8 Å². The van der Waals surface area contributed by atoms with Gasteiger partial charge in [0, 0.05) is 24.5 Å². The van der Waals surface area contributed by atoms with Crippen molar-refractivity contribution in [3.8, 4) is 5.75 Å². The number of rotatable bonds is 5. The fraction of sp³-hybridized carbons (Fsp3) is 0.444. The Hall–Kier alpha value is -2.41. The molecule has 1 aromatic carbocycles. The van der Waals surface area contributed by atoms with Gasteiger partial charge in [0.2, 0.25) is 0 Å². The first-order chi connectivity index (χ1) is 12.0. The molecule has 0 unspecified atom stereocenters. The molecule has 134 valence electrons. The Balaban J connectivity index is 2.14. The fourth-order valence-corrected chi connectivity index (χ4v) is 3.42. The average Bonchev–Trinajstić information content (AvgIpc) is 2.57. The number of benzene rings is 1. The van der Waals surface area contributed by atoms with Crippen LogP contribution >= 0.6 is 0 Å². The highest BCUT2D eigenvalue weighted by molar-refractivity contribution is 6.03. The van der Waals surface area contributed by atoms with Crippen LogP contribution in [-0.4, -0.2) is 35.2 Å². The van der Waals surface area contributed by atoms with E-state index in [2.05, 4.69) is 10.6 Å². The Morgan fingerprint density at radius 1 is 1.40 bits per heavy atom. The van der Waals surface area contributed by atoms with Crippen LogP contribution in [-0.2, 0) is 6.42 Å². The number of carbonyl (C=O) groups is 1. The number of carbonyl (C=O) groups excluding carboxylic acids is 1. The summed E-state index contributed by atoms with van der Waals surface area (Å²) in [5.41, 5.74) is 0.340. The largest absolute Gasteiger partial charge is 0.506 e. The van der Waals surface area contributed by atoms with Crippen molar-refractivity contribution in [1.29, 1.82) is 0 Å². The van der Waals surface area contributed by atoms with Crippen molar-refractivity contribution in [2.45, 2.75) is 32.7 Å². The molecule has 0 saturated heterocycles. The summed E-state index contributed by atoms with van der Waals surface area (Å²) in [6.07, 6.45) is 1.31. The maximum Gasteiger partial charge on any atom is 0.267 e. The molecule has 0 fully saturated rings. The lowest BCUT2D eigenvalue weighted by Gasteiger charge is -2.26. The highest BCUT2D eigenvalue weighted by Crippen LogP contribution is 2.35. The van der Waals surface area contributed by atoms with Gasteiger partial charge in [0.05, 0.1) is 5.52 Å². The molecule has 0 bridgehead atoms. The lowest BCUT2D eigenvalue weighted by molar-refractivity contribution is 0.0949. The number of pyridine rings is 1. The molecule has 0 spiro atoms. The van der Waals surface area contributed by atoms with Crippen molar-refractivity contribution in [2.75, 3.05) is 19.6 Å². The summed E-state index contributed by atoms with van der Waals surface area (Å²) in [4.78, 5) is 25.3. The topological polar surface area (TPSA) is 83.4 Å². The molecular weight excluding hydrogens is 325 g/mol. The Morgan fingerprint density at radius 3 is 2.88 bits per heavy atom. The van der Waals surface area contributed by atoms with Crippen molar-refractivity contribution in [1.82, 2.24) is 15.2 Å². The summed E-state index contributed by atoms with van der Waals surface area (Å²) in [6, 6.07) is 2.44. The van der Waals surface area contributed by atoms with Crippen molar-refractivity contribution in [3.05, 3.63) is 39.4 Å². The third-order valence-electron chi connectivity index (χ3n) is 4.66. The highest BCUT2D eigenvalue weighted by Gasteiger charge is 2.28. The van der Waals surface area contributed by atoms with Crippen LogP contribution in [0.15, 0.2) is 16.9 Å². The van der Waals surface area contributed by atoms with E-state index in [-0.39, 0.29) is 17.0 Å². The van der Waals surface area contributed by atoms with E-state index in [0.29, 0.717) is 37.0 Å². The van der Waals surface area contributed by atoms with Crippen LogP contribution in [0.1, 0.15) is 42.2 Å². The molecule has 0 radical (unpaired) electrons. The number of hydrogen-bond donors (Lipinski definition) is 3. The highest BCUT2D eigenvalue weighted by atomic mass is 19.1. The van der Waals surface area contributed by atoms with Crippen molar-refractivity contribution < 1.29 is 14.3 Å². The summed E-state index contributed by atoms with van der Waals surface area (Å²) in [5.74, 6) is -1.59. The van der Waals surface area contributed by atoms with Gasteiger partial charge in [-0.3, -0.25) is 9.59 Å². The number of likely N-dealkylation sites (N-methyl/N-ethyl adjacent to an activating group) is 1. The van der Waals surface area contributed by atoms with E-state index in [1.54, 1.807) is 0 Å². The minimum absolute atomic E-state index is 0.123. The van der Waals surface area contributed by atoms with Crippen LogP contribution < -0.4 is 16.2 Å². The number of amides is 1. The van der Waals surface area contributed by atoms with Crippen LogP contribution in [0.2, 0.25) is 0 Å². The number of halogens is 1. The maximum absolute atomic E-state index is 13.9. The molecule has 1 atom stereocenters. The zero-order chi connectivity index (χ0) is 18.1. The number of hydrogen-bond acceptors (Lipinski definition) is 4. The van der Waals surface area contributed by atoms with Gasteiger partial charge in [0.25, 0.3) is 11.5 Å². The summed E-state index contributed by atoms with van der Waals surface area (Å²) in [6.45, 7) is 5.48. The molecular formula is C18H22FN3O3. The minimum Gasteiger partial charge on any atom is -0.506 e. The van der Waals surface area contributed by atoms with Gasteiger partial charge in [-0.15, -0.1) is 0 Å². The predicted octanol–water partition coefficient (Wildman–Crippen LogP) is 1.69. The molecule has 3 rings (SSSR count). The lowest BCUT2D eigenvalue weighted by atomic mass is 9.95. The van der Waals surface area contributed by atoms with Gasteiger partial charge in [-0.05, 0) is 44.0 Å². The molecule has 6 nitrogen and oxygen atoms in total. The summed E-state index contributed by atoms with van der Waals surface area (Å²) in [5, 5.41) is 16.4. The van der Waals surface area contributed by atoms with E-state index < -0.39 is 23.0 Å². The Kier molecular flexibility index (Phi) is 4.76. The molecule has 2 aromatic rings. The molecule has 2 heterocycles. The van der Waals surface area contributed by atoms with Gasteiger partial charge < -0.3 is 20.3 Å². The molecule has 1 aliphatic heterocycles. The minimum atomic E-state index is -0.644. The molecule has 7 heteroatoms. The summed E-state index contributed by atoms with van der Waals surface area (Å²) >= 11 is 0. The zero-order valence-electron chi connectivity index (χ0n) is 14.4. The zero-order valence-corrected chi connectivity index (χ0v) is 14.4. The third-order valence-corrected chi connectivity index (χ3v) is 4.66. The second-order valence-electron chi connectivity index (χ2n) is 6.36. The first kappa shape index (κ1) is 17.4. The van der Waals surface area contributed by atoms with E-state index in [4.69, 9.17) is 0 Å². The average molecular weight is 347 g/mol. The van der Waals surface area contributed by atoms with E-state index >= 15 is 0 Å². The van der Waals surface area contributed by atoms with Crippen LogP contribution in [0.4, 0.5) is 4.39 Å². The molecule has 1 aromatic heterocycles. The predicted molar refractivity (Wildman–Crippen MR) is 93.7 cm³/mol. The fourth-order valence-electron chi connectivity index (χ4n) is 3.42. The summed E-state index contributed by atoms with van der Waals surface area (Å²) in [7, 11) is 0. The van der Waals surface area contributed by atoms with Crippen LogP contribution in [0.25, 0.3) is 10.9 Å². The van der Waals surface area contributed by atoms with Crippen LogP contribution in [0.3, 0.4) is 0 Å². The summed E-state index contributed by atoms with van der Waals surface area (Å²) < 4.78 is 15.4.